The highest BCUT2D eigenvalue weighted by Gasteiger charge is 2.06. The summed E-state index contributed by atoms with van der Waals surface area (Å²) in [6, 6.07) is 14.8. The molecule has 0 unspecified atom stereocenters. The Hall–Kier alpha value is -2.01. The largest absolute Gasteiger partial charge is 0.495 e. The van der Waals surface area contributed by atoms with Gasteiger partial charge in [-0.3, -0.25) is 0 Å². The van der Waals surface area contributed by atoms with Crippen LogP contribution in [-0.2, 0) is 6.54 Å². The van der Waals surface area contributed by atoms with E-state index in [0.717, 1.165) is 10.0 Å². The molecule has 2 aromatic carbocycles. The van der Waals surface area contributed by atoms with Gasteiger partial charge >= 0.3 is 6.03 Å². The molecule has 0 aliphatic heterocycles. The van der Waals surface area contributed by atoms with E-state index in [1.807, 2.05) is 36.4 Å². The van der Waals surface area contributed by atoms with E-state index in [-0.39, 0.29) is 6.03 Å². The number of urea groups is 1. The number of rotatable bonds is 4. The first-order valence-electron chi connectivity index (χ1n) is 6.12. The predicted molar refractivity (Wildman–Crippen MR) is 83.0 cm³/mol. The van der Waals surface area contributed by atoms with Crippen molar-refractivity contribution in [2.75, 3.05) is 12.4 Å². The molecule has 0 saturated heterocycles. The van der Waals surface area contributed by atoms with Gasteiger partial charge in [-0.2, -0.15) is 0 Å². The number of para-hydroxylation sites is 2. The lowest BCUT2D eigenvalue weighted by atomic mass is 10.2. The fourth-order valence-electron chi connectivity index (χ4n) is 1.73. The van der Waals surface area contributed by atoms with Gasteiger partial charge in [0.15, 0.2) is 0 Å². The zero-order valence-electron chi connectivity index (χ0n) is 11.0. The lowest BCUT2D eigenvalue weighted by Crippen LogP contribution is -2.28. The summed E-state index contributed by atoms with van der Waals surface area (Å²) < 4.78 is 6.15. The molecule has 0 fully saturated rings. The van der Waals surface area contributed by atoms with Gasteiger partial charge in [0, 0.05) is 11.0 Å². The normalized spacial score (nSPS) is 9.90. The summed E-state index contributed by atoms with van der Waals surface area (Å²) in [5.74, 6) is 0.628. The number of hydrogen-bond donors (Lipinski definition) is 2. The molecule has 2 amide bonds. The summed E-state index contributed by atoms with van der Waals surface area (Å²) >= 11 is 3.44. The topological polar surface area (TPSA) is 50.4 Å². The molecule has 104 valence electrons. The van der Waals surface area contributed by atoms with Gasteiger partial charge in [0.25, 0.3) is 0 Å². The maximum Gasteiger partial charge on any atom is 0.319 e. The number of ether oxygens (including phenoxy) is 1. The van der Waals surface area contributed by atoms with Crippen LogP contribution in [0.5, 0.6) is 5.75 Å². The van der Waals surface area contributed by atoms with E-state index in [4.69, 9.17) is 4.74 Å². The Labute approximate surface area is 126 Å². The highest BCUT2D eigenvalue weighted by atomic mass is 79.9. The summed E-state index contributed by atoms with van der Waals surface area (Å²) in [4.78, 5) is 11.9. The van der Waals surface area contributed by atoms with E-state index >= 15 is 0 Å². The fraction of sp³-hybridized carbons (Fsp3) is 0.133. The number of carbonyl (C=O) groups excluding carboxylic acids is 1. The van der Waals surface area contributed by atoms with Crippen molar-refractivity contribution in [1.82, 2.24) is 5.32 Å². The van der Waals surface area contributed by atoms with Crippen LogP contribution < -0.4 is 15.4 Å². The van der Waals surface area contributed by atoms with E-state index in [9.17, 15) is 4.79 Å². The van der Waals surface area contributed by atoms with Crippen LogP contribution in [0.4, 0.5) is 10.5 Å². The summed E-state index contributed by atoms with van der Waals surface area (Å²) in [5, 5.41) is 5.56. The second kappa shape index (κ2) is 6.96. The minimum Gasteiger partial charge on any atom is -0.495 e. The average molecular weight is 335 g/mol. The van der Waals surface area contributed by atoms with Crippen molar-refractivity contribution in [3.05, 3.63) is 58.6 Å². The first kappa shape index (κ1) is 14.4. The molecular weight excluding hydrogens is 320 g/mol. The van der Waals surface area contributed by atoms with Crippen molar-refractivity contribution < 1.29 is 9.53 Å². The molecule has 0 aliphatic carbocycles. The van der Waals surface area contributed by atoms with Crippen molar-refractivity contribution in [2.45, 2.75) is 6.54 Å². The molecule has 0 heterocycles. The van der Waals surface area contributed by atoms with Gasteiger partial charge in [0.1, 0.15) is 5.75 Å². The van der Waals surface area contributed by atoms with Crippen molar-refractivity contribution in [3.63, 3.8) is 0 Å². The first-order chi connectivity index (χ1) is 9.70. The quantitative estimate of drug-likeness (QED) is 0.893. The number of benzene rings is 2. The summed E-state index contributed by atoms with van der Waals surface area (Å²) in [6.45, 7) is 0.447. The molecule has 5 heteroatoms. The molecule has 0 atom stereocenters. The Balaban J connectivity index is 1.95. The number of hydrogen-bond acceptors (Lipinski definition) is 2. The molecule has 2 N–H and O–H groups in total. The van der Waals surface area contributed by atoms with Gasteiger partial charge < -0.3 is 15.4 Å². The molecule has 0 bridgehead atoms. The third-order valence-electron chi connectivity index (χ3n) is 2.75. The number of amides is 2. The number of halogens is 1. The van der Waals surface area contributed by atoms with Gasteiger partial charge in [0.05, 0.1) is 12.8 Å². The minimum atomic E-state index is -0.273. The zero-order chi connectivity index (χ0) is 14.4. The van der Waals surface area contributed by atoms with Crippen molar-refractivity contribution in [1.29, 1.82) is 0 Å². The van der Waals surface area contributed by atoms with Crippen LogP contribution in [0.15, 0.2) is 53.0 Å². The summed E-state index contributed by atoms with van der Waals surface area (Å²) in [5.41, 5.74) is 1.65. The number of anilines is 1. The Morgan fingerprint density at radius 3 is 2.60 bits per heavy atom. The van der Waals surface area contributed by atoms with Gasteiger partial charge in [-0.25, -0.2) is 4.79 Å². The van der Waals surface area contributed by atoms with E-state index in [0.29, 0.717) is 18.0 Å². The van der Waals surface area contributed by atoms with E-state index in [1.54, 1.807) is 19.2 Å². The van der Waals surface area contributed by atoms with Crippen LogP contribution in [0.3, 0.4) is 0 Å². The van der Waals surface area contributed by atoms with Crippen LogP contribution in [0.1, 0.15) is 5.56 Å². The molecule has 0 aliphatic rings. The standard InChI is InChI=1S/C15H15BrN2O2/c1-20-14-9-5-4-8-13(14)18-15(19)17-10-11-6-2-3-7-12(11)16/h2-9H,10H2,1H3,(H2,17,18,19). The lowest BCUT2D eigenvalue weighted by molar-refractivity contribution is 0.251. The van der Waals surface area contributed by atoms with E-state index < -0.39 is 0 Å². The summed E-state index contributed by atoms with van der Waals surface area (Å²) in [6.07, 6.45) is 0. The summed E-state index contributed by atoms with van der Waals surface area (Å²) in [7, 11) is 1.57. The third-order valence-corrected chi connectivity index (χ3v) is 3.53. The smallest absolute Gasteiger partial charge is 0.319 e. The van der Waals surface area contributed by atoms with Gasteiger partial charge in [0.2, 0.25) is 0 Å². The average Bonchev–Trinajstić information content (AvgIpc) is 2.47. The molecule has 4 nitrogen and oxygen atoms in total. The van der Waals surface area contributed by atoms with Crippen LogP contribution in [-0.4, -0.2) is 13.1 Å². The Kier molecular flexibility index (Phi) is 5.01. The molecule has 20 heavy (non-hydrogen) atoms. The molecule has 0 radical (unpaired) electrons. The number of carbonyl (C=O) groups is 1. The van der Waals surface area contributed by atoms with Crippen LogP contribution in [0.2, 0.25) is 0 Å². The van der Waals surface area contributed by atoms with Crippen LogP contribution >= 0.6 is 15.9 Å². The molecular formula is C15H15BrN2O2. The van der Waals surface area contributed by atoms with Crippen molar-refractivity contribution >= 4 is 27.6 Å². The maximum atomic E-state index is 11.9. The fourth-order valence-corrected chi connectivity index (χ4v) is 2.16. The van der Waals surface area contributed by atoms with E-state index in [1.165, 1.54) is 0 Å². The van der Waals surface area contributed by atoms with E-state index in [2.05, 4.69) is 26.6 Å². The van der Waals surface area contributed by atoms with Crippen molar-refractivity contribution in [2.24, 2.45) is 0 Å². The highest BCUT2D eigenvalue weighted by Crippen LogP contribution is 2.22. The second-order valence-electron chi connectivity index (χ2n) is 4.10. The monoisotopic (exact) mass is 334 g/mol. The maximum absolute atomic E-state index is 11.9. The first-order valence-corrected chi connectivity index (χ1v) is 6.91. The Morgan fingerprint density at radius 2 is 1.85 bits per heavy atom. The third kappa shape index (κ3) is 3.74. The van der Waals surface area contributed by atoms with Crippen LogP contribution in [0.25, 0.3) is 0 Å². The second-order valence-corrected chi connectivity index (χ2v) is 4.95. The SMILES string of the molecule is COc1ccccc1NC(=O)NCc1ccccc1Br. The number of methoxy groups -OCH3 is 1. The van der Waals surface area contributed by atoms with Gasteiger partial charge in [-0.1, -0.05) is 46.3 Å². The molecule has 0 aromatic heterocycles. The highest BCUT2D eigenvalue weighted by molar-refractivity contribution is 9.10. The predicted octanol–water partition coefficient (Wildman–Crippen LogP) is 3.78. The lowest BCUT2D eigenvalue weighted by Gasteiger charge is -2.11. The van der Waals surface area contributed by atoms with Crippen molar-refractivity contribution in [3.8, 4) is 5.75 Å². The molecule has 0 spiro atoms. The Morgan fingerprint density at radius 1 is 1.15 bits per heavy atom. The van der Waals surface area contributed by atoms with Crippen LogP contribution in [0, 0.1) is 0 Å². The molecule has 0 saturated carbocycles. The zero-order valence-corrected chi connectivity index (χ0v) is 12.6. The van der Waals surface area contributed by atoms with Gasteiger partial charge in [-0.05, 0) is 23.8 Å². The number of nitrogens with one attached hydrogen (secondary N) is 2. The Bertz CT molecular complexity index is 602. The van der Waals surface area contributed by atoms with Gasteiger partial charge in [-0.15, -0.1) is 0 Å². The molecule has 2 rings (SSSR count). The molecule has 2 aromatic rings. The minimum absolute atomic E-state index is 0.273.